The number of ether oxygens (including phenoxy) is 7. The van der Waals surface area contributed by atoms with Crippen molar-refractivity contribution in [2.45, 2.75) is 24.5 Å². The first kappa shape index (κ1) is 51.0. The van der Waals surface area contributed by atoms with Crippen molar-refractivity contribution in [3.63, 3.8) is 0 Å². The molecule has 2 atom stereocenters. The molecule has 17 nitrogen and oxygen atoms in total. The number of rotatable bonds is 20. The lowest BCUT2D eigenvalue weighted by molar-refractivity contribution is -0.142. The summed E-state index contributed by atoms with van der Waals surface area (Å²) in [4.78, 5) is 88.9. The number of carbonyl (C=O) groups is 7. The van der Waals surface area contributed by atoms with Crippen molar-refractivity contribution in [2.75, 3.05) is 40.6 Å². The van der Waals surface area contributed by atoms with E-state index in [0.717, 1.165) is 81.5 Å². The van der Waals surface area contributed by atoms with Crippen LogP contribution in [0.2, 0.25) is 0 Å². The maximum atomic E-state index is 14.1. The third-order valence-corrected chi connectivity index (χ3v) is 12.6. The second-order valence-electron chi connectivity index (χ2n) is 16.9. The molecular weight excluding hydrogens is 955 g/mol. The molecule has 8 rings (SSSR count). The predicted octanol–water partition coefficient (Wildman–Crippen LogP) is 8.46. The number of aromatic carboxylic acids is 2. The molecule has 0 bridgehead atoms. The van der Waals surface area contributed by atoms with Gasteiger partial charge in [-0.2, -0.15) is 0 Å². The van der Waals surface area contributed by atoms with Crippen LogP contribution in [0.25, 0.3) is 32.9 Å². The molecule has 2 unspecified atom stereocenters. The first-order valence-corrected chi connectivity index (χ1v) is 22.8. The SMILES string of the molecule is C=CC(=O)OCC(COc1ccc(C2(c3ccc(OCC(COC(=O)C=C)OC(=O)c4cc5c(cc4C(=O)O)c4cc(C(=O)O)c(C(=O)OC)cc4n5C(C)=O)cc3)c3ccccc3-c3ccccc32)cc1)OC. The monoisotopic (exact) mass is 1000 g/mol. The van der Waals surface area contributed by atoms with E-state index >= 15 is 0 Å². The molecule has 1 aliphatic carbocycles. The largest absolute Gasteiger partial charge is 0.491 e. The van der Waals surface area contributed by atoms with Gasteiger partial charge in [0.15, 0.2) is 6.10 Å². The minimum absolute atomic E-state index is 0.00394. The molecule has 0 saturated heterocycles. The highest BCUT2D eigenvalue weighted by atomic mass is 16.6. The van der Waals surface area contributed by atoms with Crippen LogP contribution in [0.1, 0.15) is 75.4 Å². The normalized spacial score (nSPS) is 12.9. The van der Waals surface area contributed by atoms with Crippen LogP contribution in [-0.4, -0.2) is 109 Å². The minimum atomic E-state index is -1.56. The third kappa shape index (κ3) is 9.70. The van der Waals surface area contributed by atoms with Gasteiger partial charge in [-0.25, -0.2) is 28.8 Å². The molecule has 17 heteroatoms. The Bertz CT molecular complexity index is 3360. The van der Waals surface area contributed by atoms with Crippen molar-refractivity contribution in [1.82, 2.24) is 4.57 Å². The number of hydrogen-bond acceptors (Lipinski definition) is 14. The van der Waals surface area contributed by atoms with Crippen molar-refractivity contribution in [2.24, 2.45) is 0 Å². The number of nitrogens with zero attached hydrogens (tertiary/aromatic N) is 1. The smallest absolute Gasteiger partial charge is 0.339 e. The molecule has 1 aromatic heterocycles. The molecule has 0 spiro atoms. The highest BCUT2D eigenvalue weighted by Crippen LogP contribution is 2.56. The Kier molecular flexibility index (Phi) is 14.9. The molecule has 0 aliphatic heterocycles. The summed E-state index contributed by atoms with van der Waals surface area (Å²) in [6.07, 6.45) is 0.132. The summed E-state index contributed by atoms with van der Waals surface area (Å²) in [6, 6.07) is 35.8. The number of aromatic nitrogens is 1. The lowest BCUT2D eigenvalue weighted by atomic mass is 9.68. The topological polar surface area (TPSA) is 229 Å². The lowest BCUT2D eigenvalue weighted by Crippen LogP contribution is -2.31. The van der Waals surface area contributed by atoms with Gasteiger partial charge in [0.1, 0.15) is 44.0 Å². The number of benzene rings is 6. The molecule has 1 aliphatic rings. The molecule has 0 fully saturated rings. The zero-order chi connectivity index (χ0) is 52.8. The van der Waals surface area contributed by atoms with Crippen LogP contribution >= 0.6 is 0 Å². The van der Waals surface area contributed by atoms with Crippen LogP contribution in [0.15, 0.2) is 147 Å². The van der Waals surface area contributed by atoms with Crippen molar-refractivity contribution in [1.29, 1.82) is 0 Å². The van der Waals surface area contributed by atoms with E-state index in [9.17, 15) is 43.8 Å². The summed E-state index contributed by atoms with van der Waals surface area (Å²) in [5, 5.41) is 20.5. The molecular formula is C57H47NO16. The Morgan fingerprint density at radius 1 is 0.568 bits per heavy atom. The third-order valence-electron chi connectivity index (χ3n) is 12.6. The fourth-order valence-electron chi connectivity index (χ4n) is 9.24. The maximum absolute atomic E-state index is 14.1. The molecule has 2 N–H and O–H groups in total. The van der Waals surface area contributed by atoms with Crippen molar-refractivity contribution < 1.29 is 76.9 Å². The summed E-state index contributed by atoms with van der Waals surface area (Å²) in [5.74, 6) is -6.36. The molecule has 376 valence electrons. The van der Waals surface area contributed by atoms with Crippen molar-refractivity contribution in [3.8, 4) is 22.6 Å². The van der Waals surface area contributed by atoms with Gasteiger partial charge in [-0.15, -0.1) is 0 Å². The van der Waals surface area contributed by atoms with Gasteiger partial charge in [0.05, 0.1) is 45.8 Å². The molecule has 0 saturated carbocycles. The zero-order valence-electron chi connectivity index (χ0n) is 40.2. The number of carbonyl (C=O) groups excluding carboxylic acids is 5. The van der Waals surface area contributed by atoms with Crippen molar-refractivity contribution in [3.05, 3.63) is 191 Å². The molecule has 0 radical (unpaired) electrons. The average molecular weight is 1000 g/mol. The predicted molar refractivity (Wildman–Crippen MR) is 268 cm³/mol. The van der Waals surface area contributed by atoms with Crippen LogP contribution < -0.4 is 9.47 Å². The Labute approximate surface area is 422 Å². The van der Waals surface area contributed by atoms with E-state index in [0.29, 0.717) is 11.5 Å². The highest BCUT2D eigenvalue weighted by Gasteiger charge is 2.46. The van der Waals surface area contributed by atoms with Gasteiger partial charge in [0, 0.05) is 37.0 Å². The Balaban J connectivity index is 1.10. The van der Waals surface area contributed by atoms with E-state index in [1.807, 2.05) is 60.7 Å². The number of carboxylic acids is 2. The van der Waals surface area contributed by atoms with Crippen LogP contribution in [0.3, 0.4) is 0 Å². The number of fused-ring (bicyclic) bond motifs is 6. The molecule has 7 aromatic rings. The van der Waals surface area contributed by atoms with Crippen LogP contribution in [-0.2, 0) is 38.7 Å². The summed E-state index contributed by atoms with van der Waals surface area (Å²) in [6.45, 7) is 7.19. The Morgan fingerprint density at radius 3 is 1.42 bits per heavy atom. The highest BCUT2D eigenvalue weighted by molar-refractivity contribution is 6.20. The first-order valence-electron chi connectivity index (χ1n) is 22.8. The van der Waals surface area contributed by atoms with Gasteiger partial charge in [0.2, 0.25) is 5.91 Å². The first-order chi connectivity index (χ1) is 35.6. The summed E-state index contributed by atoms with van der Waals surface area (Å²) in [5.41, 5.74) is 3.28. The van der Waals surface area contributed by atoms with Crippen LogP contribution in [0, 0.1) is 0 Å². The molecule has 0 amide bonds. The van der Waals surface area contributed by atoms with E-state index in [1.165, 1.54) is 14.0 Å². The Hall–Kier alpha value is -9.35. The van der Waals surface area contributed by atoms with Crippen LogP contribution in [0.5, 0.6) is 11.5 Å². The minimum Gasteiger partial charge on any atom is -0.491 e. The van der Waals surface area contributed by atoms with E-state index < -0.39 is 82.6 Å². The molecule has 1 heterocycles. The quantitative estimate of drug-likeness (QED) is 0.0414. The second kappa shape index (κ2) is 21.6. The molecule has 74 heavy (non-hydrogen) atoms. The van der Waals surface area contributed by atoms with E-state index in [-0.39, 0.29) is 47.2 Å². The van der Waals surface area contributed by atoms with Gasteiger partial charge < -0.3 is 43.4 Å². The number of methoxy groups -OCH3 is 2. The van der Waals surface area contributed by atoms with Gasteiger partial charge >= 0.3 is 35.8 Å². The van der Waals surface area contributed by atoms with Crippen LogP contribution in [0.4, 0.5) is 0 Å². The number of hydrogen-bond donors (Lipinski definition) is 2. The number of carboxylic acid groups (broad SMARTS) is 2. The average Bonchev–Trinajstić information content (AvgIpc) is 3.90. The summed E-state index contributed by atoms with van der Waals surface area (Å²) in [7, 11) is 2.56. The Morgan fingerprint density at radius 2 is 1.00 bits per heavy atom. The van der Waals surface area contributed by atoms with E-state index in [2.05, 4.69) is 37.4 Å². The lowest BCUT2D eigenvalue weighted by Gasteiger charge is -2.34. The molecule has 6 aromatic carbocycles. The van der Waals surface area contributed by atoms with Gasteiger partial charge in [-0.05, 0) is 81.9 Å². The standard InChI is InChI=1S/C57H47NO16/c1-6-51(60)72-29-37(68-4)28-70-35-20-16-33(17-21-35)57(47-14-10-8-12-39(47)40-13-9-11-15-48(40)57)34-18-22-36(23-19-34)71-30-38(31-73-52(61)7-2)74-56(67)46-27-50-42(25-44(46)54(64)65)41-24-43(53(62)63)45(55(66)69-5)26-49(41)58(50)32(3)59/h6-27,37-38H,1-2,28-31H2,3-5H3,(H,62,63)(H,64,65). The summed E-state index contributed by atoms with van der Waals surface area (Å²) < 4.78 is 39.8. The fourth-order valence-corrected chi connectivity index (χ4v) is 9.24. The second-order valence-corrected chi connectivity index (χ2v) is 16.9. The number of esters is 4. The van der Waals surface area contributed by atoms with Crippen molar-refractivity contribution >= 4 is 63.5 Å². The van der Waals surface area contributed by atoms with Gasteiger partial charge in [0.25, 0.3) is 0 Å². The van der Waals surface area contributed by atoms with Gasteiger partial charge in [-0.1, -0.05) is 86.0 Å². The van der Waals surface area contributed by atoms with E-state index in [1.54, 1.807) is 12.1 Å². The summed E-state index contributed by atoms with van der Waals surface area (Å²) >= 11 is 0. The fraction of sp³-hybridized carbons (Fsp3) is 0.175. The van der Waals surface area contributed by atoms with E-state index in [4.69, 9.17) is 33.2 Å². The zero-order valence-corrected chi connectivity index (χ0v) is 40.2. The maximum Gasteiger partial charge on any atom is 0.339 e. The van der Waals surface area contributed by atoms with Gasteiger partial charge in [-0.3, -0.25) is 9.36 Å².